The van der Waals surface area contributed by atoms with Crippen LogP contribution in [0.25, 0.3) is 5.69 Å². The van der Waals surface area contributed by atoms with Gasteiger partial charge in [-0.05, 0) is 31.2 Å². The molecule has 2 N–H and O–H groups in total. The molecule has 1 fully saturated rings. The third-order valence-corrected chi connectivity index (χ3v) is 5.74. The summed E-state index contributed by atoms with van der Waals surface area (Å²) in [7, 11) is 0. The molecule has 0 bridgehead atoms. The zero-order valence-corrected chi connectivity index (χ0v) is 19.0. The molecule has 4 aromatic rings. The van der Waals surface area contributed by atoms with E-state index in [1.807, 2.05) is 6.92 Å². The van der Waals surface area contributed by atoms with Gasteiger partial charge in [0.05, 0.1) is 12.2 Å². The highest BCUT2D eigenvalue weighted by molar-refractivity contribution is 5.51. The van der Waals surface area contributed by atoms with E-state index >= 15 is 0 Å². The van der Waals surface area contributed by atoms with Gasteiger partial charge in [-0.3, -0.25) is 4.57 Å². The SMILES string of the molecule is CC1(N)CN(c2nccc(Oc3ccc(-n4ncn(Cc5c(F)cccc5F)c4=O)cc3F)c2F)C1. The number of anilines is 1. The minimum absolute atomic E-state index is 0.0382. The normalized spacial score (nSPS) is 14.6. The Balaban J connectivity index is 1.37. The maximum Gasteiger partial charge on any atom is 0.350 e. The van der Waals surface area contributed by atoms with Crippen LogP contribution in [0, 0.1) is 23.3 Å². The van der Waals surface area contributed by atoms with Gasteiger partial charge in [0.1, 0.15) is 18.0 Å². The van der Waals surface area contributed by atoms with Gasteiger partial charge < -0.3 is 15.4 Å². The molecule has 8 nitrogen and oxygen atoms in total. The van der Waals surface area contributed by atoms with E-state index in [2.05, 4.69) is 10.1 Å². The zero-order valence-electron chi connectivity index (χ0n) is 19.0. The molecule has 0 spiro atoms. The molecule has 1 aliphatic rings. The molecule has 5 rings (SSSR count). The van der Waals surface area contributed by atoms with Gasteiger partial charge in [0.25, 0.3) is 0 Å². The van der Waals surface area contributed by atoms with Crippen LogP contribution in [0.2, 0.25) is 0 Å². The van der Waals surface area contributed by atoms with Crippen LogP contribution >= 0.6 is 0 Å². The predicted molar refractivity (Wildman–Crippen MR) is 122 cm³/mol. The van der Waals surface area contributed by atoms with Crippen LogP contribution < -0.4 is 21.1 Å². The molecule has 0 unspecified atom stereocenters. The Morgan fingerprint density at radius 3 is 2.42 bits per heavy atom. The Kier molecular flexibility index (Phi) is 5.75. The Labute approximate surface area is 202 Å². The van der Waals surface area contributed by atoms with Crippen molar-refractivity contribution in [3.05, 3.63) is 94.3 Å². The lowest BCUT2D eigenvalue weighted by molar-refractivity contribution is 0.354. The number of ether oxygens (including phenoxy) is 1. The van der Waals surface area contributed by atoms with Crippen molar-refractivity contribution in [1.82, 2.24) is 19.3 Å². The highest BCUT2D eigenvalue weighted by Gasteiger charge is 2.37. The summed E-state index contributed by atoms with van der Waals surface area (Å²) in [6.07, 6.45) is 2.43. The summed E-state index contributed by atoms with van der Waals surface area (Å²) in [4.78, 5) is 18.4. The monoisotopic (exact) mass is 500 g/mol. The Morgan fingerprint density at radius 1 is 1.03 bits per heavy atom. The van der Waals surface area contributed by atoms with Crippen LogP contribution in [0.3, 0.4) is 0 Å². The minimum atomic E-state index is -0.884. The van der Waals surface area contributed by atoms with E-state index in [0.29, 0.717) is 13.1 Å². The molecule has 3 heterocycles. The van der Waals surface area contributed by atoms with Gasteiger partial charge in [-0.15, -0.1) is 0 Å². The van der Waals surface area contributed by atoms with Crippen LogP contribution in [0.4, 0.5) is 23.4 Å². The highest BCUT2D eigenvalue weighted by atomic mass is 19.1. The second-order valence-corrected chi connectivity index (χ2v) is 8.83. The zero-order chi connectivity index (χ0) is 25.6. The number of hydrogen-bond donors (Lipinski definition) is 1. The average molecular weight is 500 g/mol. The van der Waals surface area contributed by atoms with Gasteiger partial charge >= 0.3 is 5.69 Å². The first-order chi connectivity index (χ1) is 17.1. The second kappa shape index (κ2) is 8.79. The molecule has 1 saturated heterocycles. The van der Waals surface area contributed by atoms with E-state index < -0.39 is 41.0 Å². The van der Waals surface area contributed by atoms with Crippen molar-refractivity contribution in [1.29, 1.82) is 0 Å². The molecular formula is C24H20F4N6O2. The summed E-state index contributed by atoms with van der Waals surface area (Å²) in [5.41, 5.74) is 4.52. The molecule has 0 saturated carbocycles. The molecular weight excluding hydrogens is 480 g/mol. The van der Waals surface area contributed by atoms with E-state index in [9.17, 15) is 22.4 Å². The van der Waals surface area contributed by atoms with Crippen molar-refractivity contribution < 1.29 is 22.3 Å². The third kappa shape index (κ3) is 4.31. The van der Waals surface area contributed by atoms with Gasteiger partial charge in [-0.1, -0.05) is 6.07 Å². The predicted octanol–water partition coefficient (Wildman–Crippen LogP) is 3.36. The van der Waals surface area contributed by atoms with E-state index in [1.165, 1.54) is 30.5 Å². The average Bonchev–Trinajstić information content (AvgIpc) is 3.17. The van der Waals surface area contributed by atoms with Crippen LogP contribution in [0.1, 0.15) is 12.5 Å². The molecule has 0 radical (unpaired) electrons. The van der Waals surface area contributed by atoms with E-state index in [-0.39, 0.29) is 28.6 Å². The fourth-order valence-corrected chi connectivity index (χ4v) is 3.99. The number of halogens is 4. The van der Waals surface area contributed by atoms with Crippen molar-refractivity contribution in [2.45, 2.75) is 19.0 Å². The molecule has 12 heteroatoms. The first-order valence-electron chi connectivity index (χ1n) is 10.9. The molecule has 0 amide bonds. The molecule has 1 aliphatic heterocycles. The number of nitrogens with zero attached hydrogens (tertiary/aromatic N) is 5. The van der Waals surface area contributed by atoms with Crippen LogP contribution in [-0.2, 0) is 6.54 Å². The number of hydrogen-bond acceptors (Lipinski definition) is 6. The number of nitrogens with two attached hydrogens (primary N) is 1. The summed E-state index contributed by atoms with van der Waals surface area (Å²) < 4.78 is 65.0. The van der Waals surface area contributed by atoms with Gasteiger partial charge in [0, 0.05) is 42.5 Å². The summed E-state index contributed by atoms with van der Waals surface area (Å²) in [6, 6.07) is 8.17. The smallest absolute Gasteiger partial charge is 0.350 e. The third-order valence-electron chi connectivity index (χ3n) is 5.74. The largest absolute Gasteiger partial charge is 0.451 e. The van der Waals surface area contributed by atoms with E-state index in [1.54, 1.807) is 4.90 Å². The lowest BCUT2D eigenvalue weighted by atomic mass is 9.94. The van der Waals surface area contributed by atoms with Crippen molar-refractivity contribution in [3.8, 4) is 17.2 Å². The summed E-state index contributed by atoms with van der Waals surface area (Å²) in [5, 5.41) is 3.90. The fraction of sp³-hybridized carbons (Fsp3) is 0.208. The van der Waals surface area contributed by atoms with Crippen LogP contribution in [0.15, 0.2) is 59.8 Å². The standard InChI is InChI=1S/C24H20F4N6O2/c1-24(29)11-33(12-24)22-21(28)20(7-8-30-22)36-19-6-5-14(9-18(19)27)34-23(35)32(13-31-34)10-15-16(25)3-2-4-17(15)26/h2-9,13H,10-12,29H2,1H3. The van der Waals surface area contributed by atoms with Gasteiger partial charge in [0.2, 0.25) is 5.82 Å². The first-order valence-corrected chi connectivity index (χ1v) is 10.9. The maximum absolute atomic E-state index is 14.9. The van der Waals surface area contributed by atoms with Crippen molar-refractivity contribution in [2.75, 3.05) is 18.0 Å². The first kappa shape index (κ1) is 23.5. The number of aromatic nitrogens is 4. The van der Waals surface area contributed by atoms with Gasteiger partial charge in [-0.2, -0.15) is 14.2 Å². The van der Waals surface area contributed by atoms with Crippen molar-refractivity contribution in [3.63, 3.8) is 0 Å². The molecule has 186 valence electrons. The Hall–Kier alpha value is -4.19. The van der Waals surface area contributed by atoms with Crippen LogP contribution in [0.5, 0.6) is 11.5 Å². The molecule has 2 aromatic heterocycles. The summed E-state index contributed by atoms with van der Waals surface area (Å²) in [5.74, 6) is -3.72. The Bertz CT molecular complexity index is 1490. The number of rotatable bonds is 6. The van der Waals surface area contributed by atoms with E-state index in [0.717, 1.165) is 33.8 Å². The quantitative estimate of drug-likeness (QED) is 0.409. The van der Waals surface area contributed by atoms with Crippen molar-refractivity contribution in [2.24, 2.45) is 5.73 Å². The number of benzene rings is 2. The summed E-state index contributed by atoms with van der Waals surface area (Å²) in [6.45, 7) is 2.26. The molecule has 36 heavy (non-hydrogen) atoms. The number of pyridine rings is 1. The minimum Gasteiger partial charge on any atom is -0.451 e. The molecule has 2 aromatic carbocycles. The fourth-order valence-electron chi connectivity index (χ4n) is 3.99. The topological polar surface area (TPSA) is 91.2 Å². The van der Waals surface area contributed by atoms with Gasteiger partial charge in [0.15, 0.2) is 23.1 Å². The van der Waals surface area contributed by atoms with Crippen LogP contribution in [-0.4, -0.2) is 38.0 Å². The second-order valence-electron chi connectivity index (χ2n) is 8.83. The molecule has 0 aliphatic carbocycles. The highest BCUT2D eigenvalue weighted by Crippen LogP contribution is 2.34. The molecule has 0 atom stereocenters. The Morgan fingerprint density at radius 2 is 1.75 bits per heavy atom. The summed E-state index contributed by atoms with van der Waals surface area (Å²) >= 11 is 0. The van der Waals surface area contributed by atoms with Crippen molar-refractivity contribution >= 4 is 5.82 Å². The van der Waals surface area contributed by atoms with Gasteiger partial charge in [-0.25, -0.2) is 22.9 Å². The maximum atomic E-state index is 14.9. The lowest BCUT2D eigenvalue weighted by Crippen LogP contribution is -2.66. The lowest BCUT2D eigenvalue weighted by Gasteiger charge is -2.46. The van der Waals surface area contributed by atoms with E-state index in [4.69, 9.17) is 10.5 Å².